The fourth-order valence-corrected chi connectivity index (χ4v) is 7.82. The third-order valence-corrected chi connectivity index (χ3v) is 11.5. The van der Waals surface area contributed by atoms with Crippen LogP contribution in [-0.4, -0.2) is 31.1 Å². The highest BCUT2D eigenvalue weighted by Crippen LogP contribution is 2.21. The molecule has 0 atom stereocenters. The number of ether oxygens (including phenoxy) is 2. The first-order chi connectivity index (χ1) is 27.1. The number of rotatable bonds is 46. The van der Waals surface area contributed by atoms with Gasteiger partial charge >= 0.3 is 0 Å². The van der Waals surface area contributed by atoms with E-state index in [9.17, 15) is 9.59 Å². The highest BCUT2D eigenvalue weighted by molar-refractivity contribution is 5.78. The molecule has 0 aliphatic heterocycles. The van der Waals surface area contributed by atoms with E-state index in [1.807, 2.05) is 13.8 Å². The number of carbonyl (C=O) groups is 2. The van der Waals surface area contributed by atoms with Crippen LogP contribution in [0.1, 0.15) is 298 Å². The Labute approximate surface area is 347 Å². The minimum Gasteiger partial charge on any atom is -0.344 e. The fourth-order valence-electron chi connectivity index (χ4n) is 7.82. The molecule has 0 spiro atoms. The highest BCUT2D eigenvalue weighted by Gasteiger charge is 2.30. The maximum absolute atomic E-state index is 12.0. The van der Waals surface area contributed by atoms with E-state index in [1.54, 1.807) is 0 Å². The number of unbranched alkanes of at least 4 members (excludes halogenated alkanes) is 35. The molecule has 0 radical (unpaired) electrons. The van der Waals surface area contributed by atoms with Crippen molar-refractivity contribution in [3.63, 3.8) is 0 Å². The van der Waals surface area contributed by atoms with Gasteiger partial charge in [0.25, 0.3) is 0 Å². The van der Waals surface area contributed by atoms with E-state index in [0.29, 0.717) is 25.4 Å². The summed E-state index contributed by atoms with van der Waals surface area (Å²) in [6.07, 6.45) is 54.8. The first-order valence-corrected chi connectivity index (χ1v) is 25.3. The summed E-state index contributed by atoms with van der Waals surface area (Å²) in [4.78, 5) is 23.3. The van der Waals surface area contributed by atoms with Crippen molar-refractivity contribution in [1.29, 1.82) is 0 Å². The monoisotopic (exact) mass is 779 g/mol. The van der Waals surface area contributed by atoms with Crippen molar-refractivity contribution >= 4 is 12.1 Å². The van der Waals surface area contributed by atoms with Gasteiger partial charge in [-0.1, -0.05) is 245 Å². The summed E-state index contributed by atoms with van der Waals surface area (Å²) in [6.45, 7) is 11.7. The van der Waals surface area contributed by atoms with Crippen molar-refractivity contribution in [3.05, 3.63) is 0 Å². The zero-order valence-electron chi connectivity index (χ0n) is 38.6. The topological polar surface area (TPSA) is 52.6 Å². The zero-order valence-corrected chi connectivity index (χ0v) is 38.6. The maximum atomic E-state index is 12.0. The molecule has 330 valence electrons. The van der Waals surface area contributed by atoms with Crippen LogP contribution in [0.5, 0.6) is 0 Å². The molecule has 0 aromatic carbocycles. The van der Waals surface area contributed by atoms with Gasteiger partial charge in [-0.2, -0.15) is 0 Å². The lowest BCUT2D eigenvalue weighted by molar-refractivity contribution is -0.219. The first-order valence-electron chi connectivity index (χ1n) is 25.3. The molecule has 0 fully saturated rings. The number of carbonyl (C=O) groups excluding carboxylic acids is 2. The molecule has 0 aliphatic carbocycles. The average Bonchev–Trinajstić information content (AvgIpc) is 3.19. The summed E-state index contributed by atoms with van der Waals surface area (Å²) in [5.74, 6) is -0.474. The molecule has 0 heterocycles. The Kier molecular flexibility index (Phi) is 50.6. The van der Waals surface area contributed by atoms with Crippen molar-refractivity contribution in [1.82, 2.24) is 0 Å². The molecule has 0 aromatic rings. The minimum atomic E-state index is -0.998. The summed E-state index contributed by atoms with van der Waals surface area (Å²) in [5.41, 5.74) is 0. The number of hydrogen-bond acceptors (Lipinski definition) is 4. The third-order valence-electron chi connectivity index (χ3n) is 11.5. The summed E-state index contributed by atoms with van der Waals surface area (Å²) in [6, 6.07) is 0. The van der Waals surface area contributed by atoms with Gasteiger partial charge in [-0.15, -0.1) is 0 Å². The van der Waals surface area contributed by atoms with Crippen molar-refractivity contribution in [3.8, 4) is 0 Å². The van der Waals surface area contributed by atoms with Crippen LogP contribution >= 0.6 is 0 Å². The van der Waals surface area contributed by atoms with Gasteiger partial charge in [0.1, 0.15) is 5.78 Å². The molecule has 55 heavy (non-hydrogen) atoms. The Morgan fingerprint density at radius 2 is 0.564 bits per heavy atom. The van der Waals surface area contributed by atoms with Crippen molar-refractivity contribution in [2.24, 2.45) is 0 Å². The molecule has 4 nitrogen and oxygen atoms in total. The lowest BCUT2D eigenvalue weighted by atomic mass is 10.0. The Hall–Kier alpha value is -0.740. The second kappa shape index (κ2) is 49.4. The van der Waals surface area contributed by atoms with E-state index in [4.69, 9.17) is 9.47 Å². The van der Waals surface area contributed by atoms with E-state index in [-0.39, 0.29) is 0 Å². The van der Waals surface area contributed by atoms with E-state index >= 15 is 0 Å². The smallest absolute Gasteiger partial charge is 0.225 e. The molecule has 0 saturated carbocycles. The molecule has 4 heteroatoms. The number of hydrogen-bond donors (Lipinski definition) is 0. The third kappa shape index (κ3) is 45.8. The van der Waals surface area contributed by atoms with Crippen LogP contribution in [0.2, 0.25) is 0 Å². The normalized spacial score (nSPS) is 11.5. The van der Waals surface area contributed by atoms with Gasteiger partial charge < -0.3 is 9.47 Å². The molecule has 0 N–H and O–H groups in total. The number of ketones is 1. The summed E-state index contributed by atoms with van der Waals surface area (Å²) in [5, 5.41) is 0. The second-order valence-corrected chi connectivity index (χ2v) is 17.0. The van der Waals surface area contributed by atoms with Crippen LogP contribution in [0, 0.1) is 0 Å². The standard InChI is InChI=1S/C31H62O.C20H40O3/c1-3-5-7-9-11-13-15-17-19-21-23-25-27-29-31(32)30-28-26-24-22-20-18-16-14-12-10-8-6-4-2;1-4-7-8-9-10-11-12-13-14-15-16-17-18-20(19-21,22-5-2)23-6-3/h3-30H2,1-2H3;19H,4-18H2,1-3H3. The quantitative estimate of drug-likeness (QED) is 0.0351. The lowest BCUT2D eigenvalue weighted by Gasteiger charge is -2.27. The van der Waals surface area contributed by atoms with Gasteiger partial charge in [0.2, 0.25) is 5.79 Å². The van der Waals surface area contributed by atoms with E-state index in [1.165, 1.54) is 218 Å². The van der Waals surface area contributed by atoms with Gasteiger partial charge in [-0.25, -0.2) is 0 Å². The summed E-state index contributed by atoms with van der Waals surface area (Å²) >= 11 is 0. The molecule has 0 unspecified atom stereocenters. The summed E-state index contributed by atoms with van der Waals surface area (Å²) in [7, 11) is 0. The van der Waals surface area contributed by atoms with Gasteiger partial charge in [0, 0.05) is 32.5 Å². The highest BCUT2D eigenvalue weighted by atomic mass is 16.7. The van der Waals surface area contributed by atoms with Gasteiger partial charge in [0.15, 0.2) is 6.29 Å². The van der Waals surface area contributed by atoms with Crippen LogP contribution < -0.4 is 0 Å². The zero-order chi connectivity index (χ0) is 40.6. The van der Waals surface area contributed by atoms with Crippen molar-refractivity contribution in [2.45, 2.75) is 304 Å². The van der Waals surface area contributed by atoms with Crippen molar-refractivity contribution < 1.29 is 19.1 Å². The first kappa shape index (κ1) is 56.4. The molecular weight excluding hydrogens is 677 g/mol. The Morgan fingerprint density at radius 3 is 0.782 bits per heavy atom. The van der Waals surface area contributed by atoms with Gasteiger partial charge in [-0.05, 0) is 33.1 Å². The van der Waals surface area contributed by atoms with Crippen LogP contribution in [0.4, 0.5) is 0 Å². The Balaban J connectivity index is 0. The summed E-state index contributed by atoms with van der Waals surface area (Å²) < 4.78 is 11.1. The molecule has 0 saturated heterocycles. The number of Topliss-reactive ketones (excluding diaryl/α,β-unsaturated/α-hetero) is 1. The minimum absolute atomic E-state index is 0.511. The fraction of sp³-hybridized carbons (Fsp3) is 0.961. The van der Waals surface area contributed by atoms with Crippen LogP contribution in [0.3, 0.4) is 0 Å². The van der Waals surface area contributed by atoms with Crippen LogP contribution in [0.15, 0.2) is 0 Å². The predicted octanol–water partition coefficient (Wildman–Crippen LogP) is 17.6. The molecular formula is C51H102O4. The maximum Gasteiger partial charge on any atom is 0.225 e. The predicted molar refractivity (Wildman–Crippen MR) is 243 cm³/mol. The molecule has 0 aliphatic rings. The van der Waals surface area contributed by atoms with Crippen LogP contribution in [0.25, 0.3) is 0 Å². The van der Waals surface area contributed by atoms with E-state index < -0.39 is 5.79 Å². The molecule has 0 rings (SSSR count). The van der Waals surface area contributed by atoms with Gasteiger partial charge in [-0.3, -0.25) is 9.59 Å². The largest absolute Gasteiger partial charge is 0.344 e. The van der Waals surface area contributed by atoms with Crippen molar-refractivity contribution in [2.75, 3.05) is 13.2 Å². The lowest BCUT2D eigenvalue weighted by Crippen LogP contribution is -2.38. The van der Waals surface area contributed by atoms with E-state index in [0.717, 1.165) is 44.8 Å². The number of aldehydes is 1. The SMILES string of the molecule is CCCCCCCCCCCCCCC(C=O)(OCC)OCC.CCCCCCCCCCCCCCCC(=O)CCCCCCCCCCCCCCC. The average molecular weight is 779 g/mol. The second-order valence-electron chi connectivity index (χ2n) is 17.0. The molecule has 0 aromatic heterocycles. The van der Waals surface area contributed by atoms with Gasteiger partial charge in [0.05, 0.1) is 0 Å². The van der Waals surface area contributed by atoms with E-state index in [2.05, 4.69) is 20.8 Å². The Morgan fingerprint density at radius 1 is 0.345 bits per heavy atom. The Bertz CT molecular complexity index is 684. The molecule has 0 amide bonds. The molecule has 0 bridgehead atoms. The van der Waals surface area contributed by atoms with Crippen LogP contribution in [-0.2, 0) is 19.1 Å².